The Morgan fingerprint density at radius 1 is 0.338 bits per heavy atom. The summed E-state index contributed by atoms with van der Waals surface area (Å²) in [5.41, 5.74) is 0. The summed E-state index contributed by atoms with van der Waals surface area (Å²) in [4.78, 5) is 25.3. The Morgan fingerprint density at radius 3 is 1.17 bits per heavy atom. The quantitative estimate of drug-likeness (QED) is 0.0308. The van der Waals surface area contributed by atoms with Crippen LogP contribution in [0.25, 0.3) is 0 Å². The molecule has 0 radical (unpaired) electrons. The average Bonchev–Trinajstić information content (AvgIpc) is 3.30. The third kappa shape index (κ3) is 53.8. The molecular formula is C58H118N4O3. The highest BCUT2D eigenvalue weighted by atomic mass is 16.3. The second-order valence-corrected chi connectivity index (χ2v) is 20.5. The lowest BCUT2D eigenvalue weighted by atomic mass is 9.90. The molecular weight excluding hydrogens is 801 g/mol. The maximum absolute atomic E-state index is 12.8. The largest absolute Gasteiger partial charge is 0.379 e. The van der Waals surface area contributed by atoms with Crippen molar-refractivity contribution in [1.29, 1.82) is 0 Å². The number of unbranched alkanes of at least 4 members (excludes halogenated alkanes) is 32. The minimum atomic E-state index is -0.406. The van der Waals surface area contributed by atoms with Gasteiger partial charge in [0.2, 0.25) is 5.91 Å². The van der Waals surface area contributed by atoms with Gasteiger partial charge >= 0.3 is 0 Å². The summed E-state index contributed by atoms with van der Waals surface area (Å²) < 4.78 is 0. The first-order chi connectivity index (χ1) is 32.0. The standard InChI is InChI=1S/C58H118N4O3/c1-4-7-10-13-16-19-22-23-26-29-35-44-56(63)45-36-31-30-34-42-55(46-47-57(64)61-52-38-32-27-24-20-17-14-11-8-5-2)43-37-40-49-59-50-41-51-60-54-48-58(65)62-53-39-33-28-25-21-18-15-12-9-6-3/h55,58-60,62,65H,4-54H2,1-3H3,(H,61,64). The Balaban J connectivity index is 4.15. The number of hydrogen-bond donors (Lipinski definition) is 5. The molecule has 0 heterocycles. The fourth-order valence-electron chi connectivity index (χ4n) is 9.41. The second kappa shape index (κ2) is 55.6. The third-order valence-electron chi connectivity index (χ3n) is 13.9. The van der Waals surface area contributed by atoms with Crippen LogP contribution in [0.3, 0.4) is 0 Å². The molecule has 388 valence electrons. The van der Waals surface area contributed by atoms with E-state index in [1.54, 1.807) is 0 Å². The van der Waals surface area contributed by atoms with Gasteiger partial charge in [-0.1, -0.05) is 239 Å². The van der Waals surface area contributed by atoms with E-state index in [1.165, 1.54) is 218 Å². The first-order valence-electron chi connectivity index (χ1n) is 29.6. The molecule has 0 spiro atoms. The molecule has 0 aliphatic carbocycles. The van der Waals surface area contributed by atoms with Crippen molar-refractivity contribution in [2.24, 2.45) is 5.92 Å². The number of hydrogen-bond acceptors (Lipinski definition) is 6. The van der Waals surface area contributed by atoms with E-state index >= 15 is 0 Å². The zero-order valence-corrected chi connectivity index (χ0v) is 44.5. The number of Topliss-reactive ketones (excluding diaryl/α,β-unsaturated/α-hetero) is 1. The van der Waals surface area contributed by atoms with E-state index in [1.807, 2.05) is 0 Å². The summed E-state index contributed by atoms with van der Waals surface area (Å²) in [6.07, 6.45) is 55.4. The Bertz CT molecular complexity index is 935. The lowest BCUT2D eigenvalue weighted by Crippen LogP contribution is -2.33. The van der Waals surface area contributed by atoms with Gasteiger partial charge in [0.25, 0.3) is 0 Å². The maximum atomic E-state index is 12.8. The highest BCUT2D eigenvalue weighted by Crippen LogP contribution is 2.23. The van der Waals surface area contributed by atoms with Gasteiger partial charge in [0.1, 0.15) is 12.0 Å². The van der Waals surface area contributed by atoms with Crippen molar-refractivity contribution in [3.05, 3.63) is 0 Å². The first kappa shape index (κ1) is 64.0. The number of aliphatic hydroxyl groups is 1. The van der Waals surface area contributed by atoms with Gasteiger partial charge in [-0.15, -0.1) is 0 Å². The summed E-state index contributed by atoms with van der Waals surface area (Å²) in [5, 5.41) is 24.0. The van der Waals surface area contributed by atoms with E-state index in [0.717, 1.165) is 103 Å². The van der Waals surface area contributed by atoms with Crippen LogP contribution in [-0.2, 0) is 9.59 Å². The van der Waals surface area contributed by atoms with Crippen LogP contribution in [0.2, 0.25) is 0 Å². The summed E-state index contributed by atoms with van der Waals surface area (Å²) in [5.74, 6) is 1.34. The molecule has 2 atom stereocenters. The molecule has 7 heteroatoms. The molecule has 0 fully saturated rings. The number of carbonyl (C=O) groups is 2. The number of aliphatic hydroxyl groups excluding tert-OH is 1. The van der Waals surface area contributed by atoms with Crippen LogP contribution in [0.5, 0.6) is 0 Å². The van der Waals surface area contributed by atoms with E-state index in [2.05, 4.69) is 42.0 Å². The predicted octanol–water partition coefficient (Wildman–Crippen LogP) is 16.0. The molecule has 0 aromatic carbocycles. The fraction of sp³-hybridized carbons (Fsp3) is 0.966. The lowest BCUT2D eigenvalue weighted by Gasteiger charge is -2.17. The normalized spacial score (nSPS) is 12.6. The number of ketones is 1. The van der Waals surface area contributed by atoms with Crippen LogP contribution in [0.15, 0.2) is 0 Å². The van der Waals surface area contributed by atoms with Crippen LogP contribution in [-0.4, -0.2) is 62.3 Å². The SMILES string of the molecule is CCCCCCCCCCCCCC(=O)CCCCCCC(CCCCNCCCNCCC(O)NCCCCCCCCCCCC)CCC(=O)NCCCCCCCCCCCC. The Hall–Kier alpha value is -1.02. The molecule has 0 aliphatic rings. The molecule has 0 aromatic heterocycles. The molecule has 2 unspecified atom stereocenters. The van der Waals surface area contributed by atoms with Gasteiger partial charge < -0.3 is 21.1 Å². The molecule has 7 nitrogen and oxygen atoms in total. The van der Waals surface area contributed by atoms with Crippen molar-refractivity contribution in [2.75, 3.05) is 39.3 Å². The number of nitrogens with one attached hydrogen (secondary N) is 4. The molecule has 0 saturated carbocycles. The summed E-state index contributed by atoms with van der Waals surface area (Å²) in [6.45, 7) is 12.5. The topological polar surface area (TPSA) is 102 Å². The number of carbonyl (C=O) groups excluding carboxylic acids is 2. The second-order valence-electron chi connectivity index (χ2n) is 20.5. The van der Waals surface area contributed by atoms with Gasteiger partial charge in [0, 0.05) is 25.8 Å². The minimum absolute atomic E-state index is 0.243. The van der Waals surface area contributed by atoms with E-state index in [-0.39, 0.29) is 5.91 Å². The van der Waals surface area contributed by atoms with Crippen LogP contribution in [0.1, 0.15) is 310 Å². The molecule has 1 amide bonds. The molecule has 0 saturated heterocycles. The maximum Gasteiger partial charge on any atom is 0.220 e. The summed E-state index contributed by atoms with van der Waals surface area (Å²) in [6, 6.07) is 0. The highest BCUT2D eigenvalue weighted by molar-refractivity contribution is 5.78. The Labute approximate surface area is 407 Å². The van der Waals surface area contributed by atoms with E-state index in [4.69, 9.17) is 0 Å². The van der Waals surface area contributed by atoms with Gasteiger partial charge in [-0.3, -0.25) is 14.9 Å². The third-order valence-corrected chi connectivity index (χ3v) is 13.9. The molecule has 65 heavy (non-hydrogen) atoms. The highest BCUT2D eigenvalue weighted by Gasteiger charge is 2.12. The smallest absolute Gasteiger partial charge is 0.220 e. The van der Waals surface area contributed by atoms with Crippen LogP contribution in [0.4, 0.5) is 0 Å². The number of rotatable bonds is 57. The van der Waals surface area contributed by atoms with Crippen LogP contribution in [0, 0.1) is 5.92 Å². The van der Waals surface area contributed by atoms with Gasteiger partial charge in [0.05, 0.1) is 0 Å². The van der Waals surface area contributed by atoms with Crippen LogP contribution < -0.4 is 21.3 Å². The molecule has 5 N–H and O–H groups in total. The van der Waals surface area contributed by atoms with Crippen molar-refractivity contribution in [3.63, 3.8) is 0 Å². The van der Waals surface area contributed by atoms with Gasteiger partial charge in [0.15, 0.2) is 0 Å². The van der Waals surface area contributed by atoms with E-state index < -0.39 is 6.23 Å². The zero-order valence-electron chi connectivity index (χ0n) is 44.5. The first-order valence-corrected chi connectivity index (χ1v) is 29.6. The molecule has 0 aliphatic heterocycles. The van der Waals surface area contributed by atoms with E-state index in [9.17, 15) is 14.7 Å². The van der Waals surface area contributed by atoms with Crippen molar-refractivity contribution in [3.8, 4) is 0 Å². The van der Waals surface area contributed by atoms with Crippen molar-refractivity contribution in [2.45, 2.75) is 316 Å². The van der Waals surface area contributed by atoms with Gasteiger partial charge in [-0.05, 0) is 90.0 Å². The monoisotopic (exact) mass is 919 g/mol. The molecule has 0 aromatic rings. The zero-order chi connectivity index (χ0) is 47.2. The van der Waals surface area contributed by atoms with E-state index in [0.29, 0.717) is 18.1 Å². The molecule has 0 bridgehead atoms. The van der Waals surface area contributed by atoms with Gasteiger partial charge in [-0.2, -0.15) is 0 Å². The van der Waals surface area contributed by atoms with Gasteiger partial charge in [-0.25, -0.2) is 0 Å². The van der Waals surface area contributed by atoms with Crippen molar-refractivity contribution >= 4 is 11.7 Å². The predicted molar refractivity (Wildman–Crippen MR) is 286 cm³/mol. The number of amides is 1. The van der Waals surface area contributed by atoms with Crippen molar-refractivity contribution in [1.82, 2.24) is 21.3 Å². The fourth-order valence-corrected chi connectivity index (χ4v) is 9.41. The summed E-state index contributed by atoms with van der Waals surface area (Å²) in [7, 11) is 0. The Morgan fingerprint density at radius 2 is 0.692 bits per heavy atom. The summed E-state index contributed by atoms with van der Waals surface area (Å²) >= 11 is 0. The minimum Gasteiger partial charge on any atom is -0.379 e. The Kier molecular flexibility index (Phi) is 54.7. The molecule has 0 rings (SSSR count). The van der Waals surface area contributed by atoms with Crippen molar-refractivity contribution < 1.29 is 14.7 Å². The lowest BCUT2D eigenvalue weighted by molar-refractivity contribution is -0.121. The average molecular weight is 920 g/mol. The van der Waals surface area contributed by atoms with Crippen LogP contribution >= 0.6 is 0 Å².